The second-order valence-electron chi connectivity index (χ2n) is 8.02. The Morgan fingerprint density at radius 1 is 1.44 bits per heavy atom. The first kappa shape index (κ1) is 17.0. The van der Waals surface area contributed by atoms with Crippen LogP contribution in [0, 0.1) is 24.7 Å². The minimum atomic E-state index is -0.0985. The van der Waals surface area contributed by atoms with Gasteiger partial charge < -0.3 is 14.4 Å². The van der Waals surface area contributed by atoms with Crippen LogP contribution in [-0.4, -0.2) is 47.7 Å². The molecule has 136 valence electrons. The first-order chi connectivity index (χ1) is 12.1. The first-order valence-electron chi connectivity index (χ1n) is 9.50. The van der Waals surface area contributed by atoms with Gasteiger partial charge >= 0.3 is 0 Å². The fourth-order valence-electron chi connectivity index (χ4n) is 4.28. The molecule has 1 saturated carbocycles. The molecule has 3 atom stereocenters. The Morgan fingerprint density at radius 3 is 2.96 bits per heavy atom. The lowest BCUT2D eigenvalue weighted by Crippen LogP contribution is -2.66. The third-order valence-corrected chi connectivity index (χ3v) is 6.06. The van der Waals surface area contributed by atoms with Crippen molar-refractivity contribution in [1.82, 2.24) is 9.88 Å². The van der Waals surface area contributed by atoms with Gasteiger partial charge in [-0.3, -0.25) is 9.78 Å². The van der Waals surface area contributed by atoms with Crippen molar-refractivity contribution in [2.75, 3.05) is 26.3 Å². The van der Waals surface area contributed by atoms with Crippen LogP contribution in [0.3, 0.4) is 0 Å². The molecule has 25 heavy (non-hydrogen) atoms. The van der Waals surface area contributed by atoms with E-state index in [0.717, 1.165) is 57.0 Å². The fraction of sp³-hybridized carbons (Fsp3) is 0.700. The maximum Gasteiger partial charge on any atom is 0.226 e. The Labute approximate surface area is 149 Å². The van der Waals surface area contributed by atoms with E-state index in [2.05, 4.69) is 11.9 Å². The highest BCUT2D eigenvalue weighted by Crippen LogP contribution is 2.45. The number of likely N-dealkylation sites (tertiary alicyclic amines) is 1. The highest BCUT2D eigenvalue weighted by molar-refractivity contribution is 5.82. The van der Waals surface area contributed by atoms with E-state index < -0.39 is 0 Å². The molecule has 3 heterocycles. The van der Waals surface area contributed by atoms with Crippen molar-refractivity contribution in [2.45, 2.75) is 45.3 Å². The molecule has 0 radical (unpaired) electrons. The molecule has 1 aliphatic carbocycles. The summed E-state index contributed by atoms with van der Waals surface area (Å²) in [4.78, 5) is 18.8. The smallest absolute Gasteiger partial charge is 0.226 e. The molecule has 2 aliphatic heterocycles. The van der Waals surface area contributed by atoms with E-state index in [4.69, 9.17) is 9.47 Å². The second kappa shape index (κ2) is 6.69. The number of hydrogen-bond acceptors (Lipinski definition) is 4. The summed E-state index contributed by atoms with van der Waals surface area (Å²) in [6.45, 7) is 7.80. The van der Waals surface area contributed by atoms with Crippen molar-refractivity contribution in [2.24, 2.45) is 17.8 Å². The molecule has 1 aromatic rings. The summed E-state index contributed by atoms with van der Waals surface area (Å²) in [5.41, 5.74) is 1.91. The van der Waals surface area contributed by atoms with Gasteiger partial charge in [-0.2, -0.15) is 0 Å². The van der Waals surface area contributed by atoms with E-state index in [1.54, 1.807) is 0 Å². The largest absolute Gasteiger partial charge is 0.375 e. The van der Waals surface area contributed by atoms with Crippen LogP contribution in [0.4, 0.5) is 0 Å². The number of nitrogens with zero attached hydrogens (tertiary/aromatic N) is 2. The van der Waals surface area contributed by atoms with E-state index >= 15 is 0 Å². The van der Waals surface area contributed by atoms with Gasteiger partial charge in [-0.05, 0) is 50.2 Å². The van der Waals surface area contributed by atoms with Gasteiger partial charge in [0.2, 0.25) is 5.91 Å². The lowest BCUT2D eigenvalue weighted by Gasteiger charge is -2.50. The SMILES string of the molecule is Cc1cccc(COCC[C@@H]2CCOC23CN(C(=O)[C@H]2C[C@H]2C)C3)n1. The quantitative estimate of drug-likeness (QED) is 0.744. The zero-order chi connectivity index (χ0) is 17.4. The average Bonchev–Trinajstić information content (AvgIpc) is 3.13. The molecular weight excluding hydrogens is 316 g/mol. The van der Waals surface area contributed by atoms with Gasteiger partial charge in [0, 0.05) is 24.8 Å². The molecule has 1 aromatic heterocycles. The number of aryl methyl sites for hydroxylation is 1. The third kappa shape index (κ3) is 3.44. The highest BCUT2D eigenvalue weighted by atomic mass is 16.5. The molecule has 1 spiro atoms. The van der Waals surface area contributed by atoms with Gasteiger partial charge in [-0.15, -0.1) is 0 Å². The molecule has 0 bridgehead atoms. The predicted octanol–water partition coefficient (Wildman–Crippen LogP) is 2.57. The normalized spacial score (nSPS) is 29.7. The van der Waals surface area contributed by atoms with Crippen molar-refractivity contribution in [3.8, 4) is 0 Å². The Hall–Kier alpha value is -1.46. The standard InChI is InChI=1S/C20H28N2O3/c1-14-10-18(14)19(23)22-12-20(13-22)16(7-9-25-20)6-8-24-11-17-5-3-4-15(2)21-17/h3-5,14,16,18H,6-13H2,1-2H3/t14-,16-,18+/m1/s1. The van der Waals surface area contributed by atoms with E-state index in [0.29, 0.717) is 24.3 Å². The van der Waals surface area contributed by atoms with Crippen LogP contribution in [0.5, 0.6) is 0 Å². The fourth-order valence-corrected chi connectivity index (χ4v) is 4.28. The number of hydrogen-bond donors (Lipinski definition) is 0. The monoisotopic (exact) mass is 344 g/mol. The van der Waals surface area contributed by atoms with Crippen molar-refractivity contribution < 1.29 is 14.3 Å². The lowest BCUT2D eigenvalue weighted by molar-refractivity contribution is -0.167. The number of carbonyl (C=O) groups is 1. The predicted molar refractivity (Wildman–Crippen MR) is 93.9 cm³/mol. The zero-order valence-electron chi connectivity index (χ0n) is 15.2. The topological polar surface area (TPSA) is 51.7 Å². The van der Waals surface area contributed by atoms with Gasteiger partial charge in [-0.1, -0.05) is 13.0 Å². The second-order valence-corrected chi connectivity index (χ2v) is 8.02. The minimum Gasteiger partial charge on any atom is -0.375 e. The van der Waals surface area contributed by atoms with E-state index in [9.17, 15) is 4.79 Å². The summed E-state index contributed by atoms with van der Waals surface area (Å²) < 4.78 is 11.9. The summed E-state index contributed by atoms with van der Waals surface area (Å²) >= 11 is 0. The van der Waals surface area contributed by atoms with Crippen LogP contribution >= 0.6 is 0 Å². The molecule has 0 unspecified atom stereocenters. The zero-order valence-corrected chi connectivity index (χ0v) is 15.2. The summed E-state index contributed by atoms with van der Waals surface area (Å²) in [5.74, 6) is 1.70. The Balaban J connectivity index is 1.22. The molecule has 5 nitrogen and oxygen atoms in total. The molecule has 3 fully saturated rings. The van der Waals surface area contributed by atoms with E-state index in [1.165, 1.54) is 0 Å². The number of carbonyl (C=O) groups excluding carboxylic acids is 1. The van der Waals surface area contributed by atoms with Crippen molar-refractivity contribution in [3.05, 3.63) is 29.6 Å². The Kier molecular flexibility index (Phi) is 4.54. The maximum atomic E-state index is 12.3. The van der Waals surface area contributed by atoms with E-state index in [-0.39, 0.29) is 11.5 Å². The molecular formula is C20H28N2O3. The number of aromatic nitrogens is 1. The number of rotatable bonds is 6. The van der Waals surface area contributed by atoms with Gasteiger partial charge in [0.15, 0.2) is 0 Å². The van der Waals surface area contributed by atoms with E-state index in [1.807, 2.05) is 30.0 Å². The van der Waals surface area contributed by atoms with Gasteiger partial charge in [0.05, 0.1) is 25.4 Å². The van der Waals surface area contributed by atoms with Crippen LogP contribution in [0.25, 0.3) is 0 Å². The van der Waals surface area contributed by atoms with Crippen molar-refractivity contribution in [3.63, 3.8) is 0 Å². The van der Waals surface area contributed by atoms with Crippen LogP contribution < -0.4 is 0 Å². The molecule has 1 amide bonds. The number of amides is 1. The van der Waals surface area contributed by atoms with Crippen LogP contribution in [0.2, 0.25) is 0 Å². The molecule has 2 saturated heterocycles. The number of pyridine rings is 1. The maximum absolute atomic E-state index is 12.3. The Morgan fingerprint density at radius 2 is 2.24 bits per heavy atom. The molecule has 3 aliphatic rings. The average molecular weight is 344 g/mol. The lowest BCUT2D eigenvalue weighted by atomic mass is 9.79. The summed E-state index contributed by atoms with van der Waals surface area (Å²) in [7, 11) is 0. The third-order valence-electron chi connectivity index (χ3n) is 6.06. The van der Waals surface area contributed by atoms with Crippen molar-refractivity contribution in [1.29, 1.82) is 0 Å². The van der Waals surface area contributed by atoms with Gasteiger partial charge in [0.1, 0.15) is 5.60 Å². The summed E-state index contributed by atoms with van der Waals surface area (Å²) in [6, 6.07) is 6.01. The van der Waals surface area contributed by atoms with Crippen LogP contribution in [-0.2, 0) is 20.9 Å². The van der Waals surface area contributed by atoms with Crippen molar-refractivity contribution >= 4 is 5.91 Å². The Bertz CT molecular complexity index is 642. The van der Waals surface area contributed by atoms with Gasteiger partial charge in [0.25, 0.3) is 0 Å². The number of ether oxygens (including phenoxy) is 2. The van der Waals surface area contributed by atoms with Crippen LogP contribution in [0.15, 0.2) is 18.2 Å². The van der Waals surface area contributed by atoms with Crippen LogP contribution in [0.1, 0.15) is 37.6 Å². The van der Waals surface area contributed by atoms with Gasteiger partial charge in [-0.25, -0.2) is 0 Å². The summed E-state index contributed by atoms with van der Waals surface area (Å²) in [5, 5.41) is 0. The first-order valence-corrected chi connectivity index (χ1v) is 9.50. The summed E-state index contributed by atoms with van der Waals surface area (Å²) in [6.07, 6.45) is 3.13. The minimum absolute atomic E-state index is 0.0985. The molecule has 0 N–H and O–H groups in total. The molecule has 4 rings (SSSR count). The molecule has 0 aromatic carbocycles. The molecule has 5 heteroatoms. The highest BCUT2D eigenvalue weighted by Gasteiger charge is 2.56.